The van der Waals surface area contributed by atoms with Crippen LogP contribution in [-0.4, -0.2) is 25.7 Å². The second-order valence-electron chi connectivity index (χ2n) is 2.92. The molecule has 0 fully saturated rings. The summed E-state index contributed by atoms with van der Waals surface area (Å²) in [7, 11) is 0. The molecule has 9 heteroatoms. The Bertz CT molecular complexity index is 491. The van der Waals surface area contributed by atoms with Crippen molar-refractivity contribution in [2.45, 2.75) is 6.18 Å². The van der Waals surface area contributed by atoms with Gasteiger partial charge in [0.25, 0.3) is 0 Å². The summed E-state index contributed by atoms with van der Waals surface area (Å²) in [4.78, 5) is 0.940. The Kier molecular flexibility index (Phi) is 2.22. The summed E-state index contributed by atoms with van der Waals surface area (Å²) in [5.74, 6) is 0. The molecule has 6 nitrogen and oxygen atoms in total. The Balaban J connectivity index is 2.46. The van der Waals surface area contributed by atoms with Gasteiger partial charge in [-0.05, 0) is 39.1 Å². The normalized spacial score (nSPS) is 11.7. The summed E-state index contributed by atoms with van der Waals surface area (Å²) >= 11 is 0. The SMILES string of the molecule is Nc1cc(C(F)(F)F)ccc1-n1nnnn1. The molecule has 0 aliphatic rings. The molecular weight excluding hydrogens is 225 g/mol. The number of aromatic nitrogens is 5. The summed E-state index contributed by atoms with van der Waals surface area (Å²) < 4.78 is 37.0. The lowest BCUT2D eigenvalue weighted by molar-refractivity contribution is -0.137. The maximum atomic E-state index is 12.3. The van der Waals surface area contributed by atoms with Crippen molar-refractivity contribution in [1.29, 1.82) is 0 Å². The number of rotatable bonds is 1. The van der Waals surface area contributed by atoms with Crippen molar-refractivity contribution in [3.8, 4) is 5.69 Å². The first-order chi connectivity index (χ1) is 7.48. The van der Waals surface area contributed by atoms with Gasteiger partial charge in [0.15, 0.2) is 0 Å². The fraction of sp³-hybridized carbons (Fsp3) is 0.143. The van der Waals surface area contributed by atoms with Crippen LogP contribution in [0.2, 0.25) is 0 Å². The zero-order valence-electron chi connectivity index (χ0n) is 7.68. The smallest absolute Gasteiger partial charge is 0.397 e. The van der Waals surface area contributed by atoms with Crippen LogP contribution in [0.1, 0.15) is 5.56 Å². The van der Waals surface area contributed by atoms with Crippen LogP contribution in [0.5, 0.6) is 0 Å². The summed E-state index contributed by atoms with van der Waals surface area (Å²) in [6.07, 6.45) is -4.43. The first-order valence-corrected chi connectivity index (χ1v) is 4.07. The Morgan fingerprint density at radius 3 is 2.25 bits per heavy atom. The molecule has 2 N–H and O–H groups in total. The molecule has 2 aromatic rings. The third-order valence-corrected chi connectivity index (χ3v) is 1.86. The second-order valence-corrected chi connectivity index (χ2v) is 2.92. The van der Waals surface area contributed by atoms with Crippen molar-refractivity contribution >= 4 is 5.69 Å². The van der Waals surface area contributed by atoms with E-state index in [2.05, 4.69) is 20.9 Å². The lowest BCUT2D eigenvalue weighted by Crippen LogP contribution is -2.09. The third kappa shape index (κ3) is 1.78. The minimum atomic E-state index is -4.43. The van der Waals surface area contributed by atoms with Gasteiger partial charge in [-0.15, -0.1) is 4.80 Å². The maximum absolute atomic E-state index is 12.3. The predicted octanol–water partition coefficient (Wildman–Crippen LogP) is 0.658. The van der Waals surface area contributed by atoms with Crippen molar-refractivity contribution in [1.82, 2.24) is 25.7 Å². The molecule has 0 bridgehead atoms. The first-order valence-electron chi connectivity index (χ1n) is 4.07. The minimum Gasteiger partial charge on any atom is -0.397 e. The van der Waals surface area contributed by atoms with Gasteiger partial charge in [0.05, 0.1) is 11.3 Å². The van der Waals surface area contributed by atoms with E-state index in [1.54, 1.807) is 0 Å². The summed E-state index contributed by atoms with van der Waals surface area (Å²) in [5.41, 5.74) is 4.71. The monoisotopic (exact) mass is 230 g/mol. The Labute approximate surface area is 86.8 Å². The molecule has 1 heterocycles. The van der Waals surface area contributed by atoms with Crippen LogP contribution < -0.4 is 5.73 Å². The van der Waals surface area contributed by atoms with Gasteiger partial charge >= 0.3 is 6.18 Å². The lowest BCUT2D eigenvalue weighted by atomic mass is 10.1. The standard InChI is InChI=1S/C7H5F3N6/c8-7(9,10)4-1-2-6(5(11)3-4)16-14-12-13-15-16/h1-3H,11H2. The predicted molar refractivity (Wildman–Crippen MR) is 46.4 cm³/mol. The molecule has 0 spiro atoms. The molecule has 0 saturated carbocycles. The molecule has 1 aromatic heterocycles. The van der Waals surface area contributed by atoms with Crippen LogP contribution in [0.3, 0.4) is 0 Å². The molecule has 2 rings (SSSR count). The number of nitrogen functional groups attached to an aromatic ring is 1. The number of anilines is 1. The number of alkyl halides is 3. The van der Waals surface area contributed by atoms with Gasteiger partial charge in [0, 0.05) is 0 Å². The zero-order chi connectivity index (χ0) is 11.8. The van der Waals surface area contributed by atoms with Crippen LogP contribution in [0.15, 0.2) is 18.2 Å². The molecular formula is C7H5F3N6. The van der Waals surface area contributed by atoms with E-state index < -0.39 is 11.7 Å². The fourth-order valence-electron chi connectivity index (χ4n) is 1.14. The highest BCUT2D eigenvalue weighted by Crippen LogP contribution is 2.31. The Morgan fingerprint density at radius 1 is 1.12 bits per heavy atom. The molecule has 16 heavy (non-hydrogen) atoms. The number of nitrogens with two attached hydrogens (primary N) is 1. The van der Waals surface area contributed by atoms with Crippen LogP contribution in [0.4, 0.5) is 18.9 Å². The number of benzene rings is 1. The Morgan fingerprint density at radius 2 is 1.75 bits per heavy atom. The quantitative estimate of drug-likeness (QED) is 0.727. The molecule has 0 unspecified atom stereocenters. The van der Waals surface area contributed by atoms with Crippen LogP contribution >= 0.6 is 0 Å². The van der Waals surface area contributed by atoms with Gasteiger partial charge < -0.3 is 5.73 Å². The van der Waals surface area contributed by atoms with E-state index in [9.17, 15) is 13.2 Å². The molecule has 0 amide bonds. The van der Waals surface area contributed by atoms with E-state index in [0.717, 1.165) is 23.0 Å². The molecule has 84 valence electrons. The molecule has 1 aromatic carbocycles. The highest BCUT2D eigenvalue weighted by atomic mass is 19.4. The van der Waals surface area contributed by atoms with Gasteiger partial charge in [-0.3, -0.25) is 0 Å². The lowest BCUT2D eigenvalue weighted by Gasteiger charge is -2.09. The fourth-order valence-corrected chi connectivity index (χ4v) is 1.14. The van der Waals surface area contributed by atoms with E-state index >= 15 is 0 Å². The molecule has 0 radical (unpaired) electrons. The first kappa shape index (κ1) is 10.3. The minimum absolute atomic E-state index is 0.102. The van der Waals surface area contributed by atoms with E-state index in [-0.39, 0.29) is 11.4 Å². The molecule has 0 atom stereocenters. The van der Waals surface area contributed by atoms with Gasteiger partial charge in [-0.25, -0.2) is 0 Å². The van der Waals surface area contributed by atoms with E-state index in [1.165, 1.54) is 0 Å². The number of halogens is 3. The number of hydrogen-bond donors (Lipinski definition) is 1. The van der Waals surface area contributed by atoms with Crippen molar-refractivity contribution in [2.24, 2.45) is 0 Å². The van der Waals surface area contributed by atoms with E-state index in [1.807, 2.05) is 0 Å². The van der Waals surface area contributed by atoms with E-state index in [4.69, 9.17) is 5.73 Å². The van der Waals surface area contributed by atoms with Gasteiger partial charge in [-0.2, -0.15) is 13.2 Å². The average Bonchev–Trinajstić information content (AvgIpc) is 2.69. The highest BCUT2D eigenvalue weighted by molar-refractivity contribution is 5.58. The van der Waals surface area contributed by atoms with Crippen LogP contribution in [-0.2, 0) is 6.18 Å². The summed E-state index contributed by atoms with van der Waals surface area (Å²) in [5, 5.41) is 13.2. The van der Waals surface area contributed by atoms with Gasteiger partial charge in [-0.1, -0.05) is 0 Å². The molecule has 0 aliphatic heterocycles. The third-order valence-electron chi connectivity index (χ3n) is 1.86. The Hall–Kier alpha value is -2.19. The van der Waals surface area contributed by atoms with Crippen molar-refractivity contribution in [3.05, 3.63) is 23.8 Å². The zero-order valence-corrected chi connectivity index (χ0v) is 7.68. The number of hydrogen-bond acceptors (Lipinski definition) is 5. The maximum Gasteiger partial charge on any atom is 0.416 e. The van der Waals surface area contributed by atoms with Crippen molar-refractivity contribution in [2.75, 3.05) is 5.73 Å². The molecule has 0 saturated heterocycles. The highest BCUT2D eigenvalue weighted by Gasteiger charge is 2.31. The van der Waals surface area contributed by atoms with E-state index in [0.29, 0.717) is 0 Å². The topological polar surface area (TPSA) is 82.5 Å². The summed E-state index contributed by atoms with van der Waals surface area (Å²) in [6.45, 7) is 0. The van der Waals surface area contributed by atoms with Gasteiger partial charge in [0.2, 0.25) is 0 Å². The summed E-state index contributed by atoms with van der Waals surface area (Å²) in [6, 6.07) is 2.84. The van der Waals surface area contributed by atoms with Crippen molar-refractivity contribution < 1.29 is 13.2 Å². The number of nitrogens with zero attached hydrogens (tertiary/aromatic N) is 5. The van der Waals surface area contributed by atoms with Crippen LogP contribution in [0, 0.1) is 0 Å². The van der Waals surface area contributed by atoms with Crippen molar-refractivity contribution in [3.63, 3.8) is 0 Å². The second kappa shape index (κ2) is 3.43. The largest absolute Gasteiger partial charge is 0.416 e. The van der Waals surface area contributed by atoms with Gasteiger partial charge in [0.1, 0.15) is 5.69 Å². The average molecular weight is 230 g/mol. The molecule has 0 aliphatic carbocycles. The van der Waals surface area contributed by atoms with Crippen LogP contribution in [0.25, 0.3) is 5.69 Å².